The molecule has 0 fully saturated rings. The van der Waals surface area contributed by atoms with Gasteiger partial charge in [0.1, 0.15) is 0 Å². The molecule has 0 N–H and O–H groups in total. The molecule has 0 spiro atoms. The van der Waals surface area contributed by atoms with Gasteiger partial charge in [0.15, 0.2) is 0 Å². The second kappa shape index (κ2) is 4.11. The molecule has 1 heterocycles. The number of pyridine rings is 1. The Balaban J connectivity index is 2.80. The second-order valence-corrected chi connectivity index (χ2v) is 4.46. The lowest BCUT2D eigenvalue weighted by Crippen LogP contribution is -1.95. The number of rotatable bonds is 1. The van der Waals surface area contributed by atoms with Crippen molar-refractivity contribution in [2.24, 2.45) is 0 Å². The summed E-state index contributed by atoms with van der Waals surface area (Å²) in [4.78, 5) is 4.51. The van der Waals surface area contributed by atoms with Crippen LogP contribution in [0.3, 0.4) is 0 Å². The average Bonchev–Trinajstić information content (AvgIpc) is 2.27. The zero-order chi connectivity index (χ0) is 11.7. The normalized spacial score (nSPS) is 10.7. The third-order valence-electron chi connectivity index (χ3n) is 2.50. The van der Waals surface area contributed by atoms with Gasteiger partial charge in [-0.3, -0.25) is 4.98 Å². The van der Waals surface area contributed by atoms with Gasteiger partial charge in [-0.15, -0.1) is 0 Å². The summed E-state index contributed by atoms with van der Waals surface area (Å²) in [5.41, 5.74) is 2.40. The van der Waals surface area contributed by atoms with Crippen molar-refractivity contribution in [3.8, 4) is 6.07 Å². The first kappa shape index (κ1) is 10.9. The molecular formula is C13H11ClN2. The first-order chi connectivity index (χ1) is 7.61. The Kier molecular flexibility index (Phi) is 2.80. The van der Waals surface area contributed by atoms with Crippen molar-refractivity contribution in [2.75, 3.05) is 0 Å². The predicted octanol–water partition coefficient (Wildman–Crippen LogP) is 3.88. The molecule has 1 aromatic heterocycles. The van der Waals surface area contributed by atoms with E-state index in [1.807, 2.05) is 12.1 Å². The molecular weight excluding hydrogens is 220 g/mol. The van der Waals surface area contributed by atoms with Crippen LogP contribution in [0.5, 0.6) is 0 Å². The Morgan fingerprint density at radius 2 is 2.06 bits per heavy atom. The highest BCUT2D eigenvalue weighted by Gasteiger charge is 2.08. The van der Waals surface area contributed by atoms with E-state index in [0.29, 0.717) is 16.5 Å². The van der Waals surface area contributed by atoms with Gasteiger partial charge in [-0.05, 0) is 30.2 Å². The van der Waals surface area contributed by atoms with Crippen molar-refractivity contribution < 1.29 is 0 Å². The van der Waals surface area contributed by atoms with Crippen molar-refractivity contribution >= 4 is 22.5 Å². The number of hydrogen-bond acceptors (Lipinski definition) is 2. The molecule has 16 heavy (non-hydrogen) atoms. The molecule has 0 bridgehead atoms. The van der Waals surface area contributed by atoms with Crippen LogP contribution >= 0.6 is 11.6 Å². The van der Waals surface area contributed by atoms with E-state index in [2.05, 4.69) is 24.9 Å². The van der Waals surface area contributed by atoms with Crippen molar-refractivity contribution in [3.05, 3.63) is 40.5 Å². The van der Waals surface area contributed by atoms with E-state index in [1.54, 1.807) is 12.1 Å². The topological polar surface area (TPSA) is 36.7 Å². The first-order valence-corrected chi connectivity index (χ1v) is 5.50. The molecule has 0 atom stereocenters. The molecule has 1 aromatic carbocycles. The summed E-state index contributed by atoms with van der Waals surface area (Å²) < 4.78 is 0. The quantitative estimate of drug-likeness (QED) is 0.745. The smallest absolute Gasteiger partial charge is 0.0999 e. The van der Waals surface area contributed by atoms with Gasteiger partial charge in [-0.25, -0.2) is 0 Å². The van der Waals surface area contributed by atoms with E-state index < -0.39 is 0 Å². The lowest BCUT2D eigenvalue weighted by Gasteiger charge is -2.07. The molecule has 0 saturated heterocycles. The van der Waals surface area contributed by atoms with Gasteiger partial charge in [-0.1, -0.05) is 25.4 Å². The number of aromatic nitrogens is 1. The molecule has 3 heteroatoms. The minimum absolute atomic E-state index is 0.312. The zero-order valence-electron chi connectivity index (χ0n) is 9.16. The van der Waals surface area contributed by atoms with Crippen LogP contribution in [0.25, 0.3) is 10.9 Å². The second-order valence-electron chi connectivity index (χ2n) is 4.02. The number of nitrogens with zero attached hydrogens (tertiary/aromatic N) is 2. The fraction of sp³-hybridized carbons (Fsp3) is 0.231. The Morgan fingerprint density at radius 3 is 2.69 bits per heavy atom. The van der Waals surface area contributed by atoms with Gasteiger partial charge in [0, 0.05) is 16.1 Å². The first-order valence-electron chi connectivity index (χ1n) is 5.12. The highest BCUT2D eigenvalue weighted by Crippen LogP contribution is 2.24. The summed E-state index contributed by atoms with van der Waals surface area (Å²) in [5.74, 6) is 0.312. The number of hydrogen-bond donors (Lipinski definition) is 0. The van der Waals surface area contributed by atoms with Crippen LogP contribution in [0.1, 0.15) is 31.0 Å². The summed E-state index contributed by atoms with van der Waals surface area (Å²) >= 11 is 5.91. The Bertz CT molecular complexity index is 582. The van der Waals surface area contributed by atoms with E-state index >= 15 is 0 Å². The Labute approximate surface area is 99.5 Å². The van der Waals surface area contributed by atoms with Crippen LogP contribution in [0.15, 0.2) is 24.3 Å². The minimum atomic E-state index is 0.312. The molecule has 2 nitrogen and oxygen atoms in total. The van der Waals surface area contributed by atoms with Crippen LogP contribution in [0, 0.1) is 11.3 Å². The van der Waals surface area contributed by atoms with E-state index in [0.717, 1.165) is 16.6 Å². The van der Waals surface area contributed by atoms with Crippen molar-refractivity contribution in [3.63, 3.8) is 0 Å². The Morgan fingerprint density at radius 1 is 1.31 bits per heavy atom. The zero-order valence-corrected chi connectivity index (χ0v) is 9.92. The molecule has 0 aliphatic heterocycles. The third kappa shape index (κ3) is 1.87. The maximum Gasteiger partial charge on any atom is 0.0999 e. The van der Waals surface area contributed by atoms with E-state index in [1.165, 1.54) is 0 Å². The SMILES string of the molecule is CC(C)c1cc(C#N)c2cc(Cl)ccc2n1. The molecule has 0 amide bonds. The molecule has 0 radical (unpaired) electrons. The lowest BCUT2D eigenvalue weighted by atomic mass is 10.0. The molecule has 2 rings (SSSR count). The maximum atomic E-state index is 9.11. The summed E-state index contributed by atoms with van der Waals surface area (Å²) in [6.07, 6.45) is 0. The number of fused-ring (bicyclic) bond motifs is 1. The van der Waals surface area contributed by atoms with Crippen LogP contribution in [-0.2, 0) is 0 Å². The molecule has 0 unspecified atom stereocenters. The molecule has 0 saturated carbocycles. The van der Waals surface area contributed by atoms with Gasteiger partial charge in [0.2, 0.25) is 0 Å². The highest BCUT2D eigenvalue weighted by atomic mass is 35.5. The van der Waals surface area contributed by atoms with Crippen LogP contribution in [0.2, 0.25) is 5.02 Å². The van der Waals surface area contributed by atoms with Gasteiger partial charge >= 0.3 is 0 Å². The summed E-state index contributed by atoms with van der Waals surface area (Å²) in [7, 11) is 0. The van der Waals surface area contributed by atoms with Gasteiger partial charge in [0.05, 0.1) is 17.1 Å². The minimum Gasteiger partial charge on any atom is -0.252 e. The molecule has 0 aliphatic carbocycles. The average molecular weight is 231 g/mol. The van der Waals surface area contributed by atoms with E-state index in [9.17, 15) is 0 Å². The van der Waals surface area contributed by atoms with Crippen molar-refractivity contribution in [2.45, 2.75) is 19.8 Å². The molecule has 2 aromatic rings. The van der Waals surface area contributed by atoms with E-state index in [4.69, 9.17) is 16.9 Å². The van der Waals surface area contributed by atoms with Crippen LogP contribution < -0.4 is 0 Å². The lowest BCUT2D eigenvalue weighted by molar-refractivity contribution is 0.829. The summed E-state index contributed by atoms with van der Waals surface area (Å²) in [6, 6.07) is 9.46. The fourth-order valence-corrected chi connectivity index (χ4v) is 1.78. The maximum absolute atomic E-state index is 9.11. The van der Waals surface area contributed by atoms with Crippen LogP contribution in [-0.4, -0.2) is 4.98 Å². The van der Waals surface area contributed by atoms with Crippen LogP contribution in [0.4, 0.5) is 0 Å². The van der Waals surface area contributed by atoms with Gasteiger partial charge in [0.25, 0.3) is 0 Å². The number of benzene rings is 1. The van der Waals surface area contributed by atoms with Crippen molar-refractivity contribution in [1.82, 2.24) is 4.98 Å². The summed E-state index contributed by atoms with van der Waals surface area (Å²) in [6.45, 7) is 4.12. The molecule has 0 aliphatic rings. The predicted molar refractivity (Wildman–Crippen MR) is 65.6 cm³/mol. The highest BCUT2D eigenvalue weighted by molar-refractivity contribution is 6.31. The number of halogens is 1. The third-order valence-corrected chi connectivity index (χ3v) is 2.74. The largest absolute Gasteiger partial charge is 0.252 e. The standard InChI is InChI=1S/C13H11ClN2/c1-8(2)13-5-9(7-15)11-6-10(14)3-4-12(11)16-13/h3-6,8H,1-2H3. The summed E-state index contributed by atoms with van der Waals surface area (Å²) in [5, 5.41) is 10.6. The fourth-order valence-electron chi connectivity index (χ4n) is 1.61. The molecule has 80 valence electrons. The van der Waals surface area contributed by atoms with Crippen molar-refractivity contribution in [1.29, 1.82) is 5.26 Å². The number of nitriles is 1. The van der Waals surface area contributed by atoms with E-state index in [-0.39, 0.29) is 0 Å². The monoisotopic (exact) mass is 230 g/mol. The van der Waals surface area contributed by atoms with Gasteiger partial charge < -0.3 is 0 Å². The van der Waals surface area contributed by atoms with Gasteiger partial charge in [-0.2, -0.15) is 5.26 Å². The Hall–Kier alpha value is -1.59.